The van der Waals surface area contributed by atoms with Crippen LogP contribution in [0.4, 0.5) is 11.4 Å². The third-order valence-electron chi connectivity index (χ3n) is 3.19. The Labute approximate surface area is 125 Å². The third-order valence-corrected chi connectivity index (χ3v) is 4.13. The molecule has 0 aliphatic rings. The van der Waals surface area contributed by atoms with Crippen molar-refractivity contribution in [3.05, 3.63) is 18.2 Å². The average molecular weight is 314 g/mol. The molecule has 0 saturated carbocycles. The van der Waals surface area contributed by atoms with Gasteiger partial charge in [0.1, 0.15) is 4.90 Å². The van der Waals surface area contributed by atoms with Crippen LogP contribution in [0, 0.1) is 0 Å². The first-order valence-corrected chi connectivity index (χ1v) is 8.16. The van der Waals surface area contributed by atoms with E-state index in [1.165, 1.54) is 6.07 Å². The van der Waals surface area contributed by atoms with E-state index in [1.807, 2.05) is 13.8 Å². The molecule has 0 heterocycles. The smallest absolute Gasteiger partial charge is 0.242 e. The highest BCUT2D eigenvalue weighted by Gasteiger charge is 2.20. The Hall–Kier alpha value is -1.80. The number of sulfonamides is 1. The summed E-state index contributed by atoms with van der Waals surface area (Å²) < 4.78 is 23.3. The molecule has 0 aliphatic heterocycles. The Morgan fingerprint density at radius 1 is 1.24 bits per heavy atom. The number of nitrogens with two attached hydrogens (primary N) is 2. The normalized spacial score (nSPS) is 11.2. The fourth-order valence-electron chi connectivity index (χ4n) is 2.04. The van der Waals surface area contributed by atoms with Crippen molar-refractivity contribution >= 4 is 27.3 Å². The molecule has 21 heavy (non-hydrogen) atoms. The molecular weight excluding hydrogens is 292 g/mol. The maximum absolute atomic E-state index is 12.1. The molecule has 0 aliphatic carbocycles. The predicted molar refractivity (Wildman–Crippen MR) is 83.4 cm³/mol. The number of carbonyl (C=O) groups excluding carboxylic acids is 1. The van der Waals surface area contributed by atoms with Crippen LogP contribution in [-0.2, 0) is 14.8 Å². The number of nitrogen functional groups attached to an aromatic ring is 1. The minimum atomic E-state index is -3.91. The lowest BCUT2D eigenvalue weighted by Crippen LogP contribution is -2.39. The van der Waals surface area contributed by atoms with Gasteiger partial charge in [0.05, 0.1) is 12.2 Å². The van der Waals surface area contributed by atoms with Crippen molar-refractivity contribution in [3.8, 4) is 0 Å². The Bertz CT molecular complexity index is 612. The lowest BCUT2D eigenvalue weighted by atomic mass is 10.2. The van der Waals surface area contributed by atoms with E-state index in [1.54, 1.807) is 29.0 Å². The topological polar surface area (TPSA) is 110 Å². The molecule has 0 aromatic heterocycles. The number of amides is 1. The van der Waals surface area contributed by atoms with Crippen LogP contribution in [0.3, 0.4) is 0 Å². The van der Waals surface area contributed by atoms with E-state index >= 15 is 0 Å². The third kappa shape index (κ3) is 4.33. The van der Waals surface area contributed by atoms with Gasteiger partial charge in [0.25, 0.3) is 0 Å². The van der Waals surface area contributed by atoms with Gasteiger partial charge in [-0.3, -0.25) is 4.79 Å². The molecule has 1 amide bonds. The van der Waals surface area contributed by atoms with Crippen molar-refractivity contribution in [2.24, 2.45) is 5.14 Å². The van der Waals surface area contributed by atoms with E-state index in [0.29, 0.717) is 24.5 Å². The molecule has 8 heteroatoms. The summed E-state index contributed by atoms with van der Waals surface area (Å²) in [5.74, 6) is -0.0836. The molecule has 0 fully saturated rings. The number of carbonyl (C=O) groups is 1. The molecule has 0 atom stereocenters. The van der Waals surface area contributed by atoms with Crippen LogP contribution in [0.5, 0.6) is 0 Å². The Morgan fingerprint density at radius 3 is 2.29 bits per heavy atom. The summed E-state index contributed by atoms with van der Waals surface area (Å²) in [6.07, 6.45) is 0. The molecule has 0 radical (unpaired) electrons. The lowest BCUT2D eigenvalue weighted by molar-refractivity contribution is -0.129. The molecule has 1 aromatic carbocycles. The Kier molecular flexibility index (Phi) is 5.56. The van der Waals surface area contributed by atoms with Gasteiger partial charge in [-0.25, -0.2) is 13.6 Å². The zero-order chi connectivity index (χ0) is 16.2. The number of nitrogens with zero attached hydrogens (tertiary/aromatic N) is 2. The van der Waals surface area contributed by atoms with E-state index in [0.717, 1.165) is 0 Å². The summed E-state index contributed by atoms with van der Waals surface area (Å²) in [7, 11) is -2.27. The van der Waals surface area contributed by atoms with Crippen LogP contribution in [0.25, 0.3) is 0 Å². The minimum Gasteiger partial charge on any atom is -0.399 e. The van der Waals surface area contributed by atoms with Gasteiger partial charge < -0.3 is 15.5 Å². The maximum Gasteiger partial charge on any atom is 0.242 e. The molecule has 4 N–H and O–H groups in total. The van der Waals surface area contributed by atoms with Crippen molar-refractivity contribution in [3.63, 3.8) is 0 Å². The summed E-state index contributed by atoms with van der Waals surface area (Å²) in [5.41, 5.74) is 6.25. The number of hydrogen-bond donors (Lipinski definition) is 2. The zero-order valence-corrected chi connectivity index (χ0v) is 13.4. The van der Waals surface area contributed by atoms with Gasteiger partial charge in [-0.05, 0) is 32.0 Å². The number of hydrogen-bond acceptors (Lipinski definition) is 5. The second kappa shape index (κ2) is 6.77. The molecule has 1 rings (SSSR count). The van der Waals surface area contributed by atoms with Gasteiger partial charge in [-0.15, -0.1) is 0 Å². The van der Waals surface area contributed by atoms with E-state index in [4.69, 9.17) is 10.9 Å². The molecule has 0 spiro atoms. The second-order valence-corrected chi connectivity index (χ2v) is 6.22. The summed E-state index contributed by atoms with van der Waals surface area (Å²) in [5, 5.41) is 5.20. The van der Waals surface area contributed by atoms with Gasteiger partial charge in [0.15, 0.2) is 0 Å². The van der Waals surface area contributed by atoms with Crippen molar-refractivity contribution in [2.45, 2.75) is 18.7 Å². The first-order valence-electron chi connectivity index (χ1n) is 6.61. The summed E-state index contributed by atoms with van der Waals surface area (Å²) in [6, 6.07) is 4.41. The largest absolute Gasteiger partial charge is 0.399 e. The van der Waals surface area contributed by atoms with Crippen LogP contribution >= 0.6 is 0 Å². The van der Waals surface area contributed by atoms with Gasteiger partial charge in [0, 0.05) is 25.8 Å². The number of likely N-dealkylation sites (N-methyl/N-ethyl adjacent to an activating group) is 2. The van der Waals surface area contributed by atoms with Crippen LogP contribution in [0.1, 0.15) is 13.8 Å². The first kappa shape index (κ1) is 17.3. The van der Waals surface area contributed by atoms with Gasteiger partial charge in [0.2, 0.25) is 15.9 Å². The first-order chi connectivity index (χ1) is 9.70. The molecule has 0 unspecified atom stereocenters. The standard InChI is InChI=1S/C13H22N4O3S/c1-4-17(5-2)13(18)9-16(3)11-7-6-10(14)8-12(11)21(15,19)20/h6-8H,4-5,9,14H2,1-3H3,(H2,15,19,20). The molecule has 118 valence electrons. The SMILES string of the molecule is CCN(CC)C(=O)CN(C)c1ccc(N)cc1S(N)(=O)=O. The highest BCUT2D eigenvalue weighted by atomic mass is 32.2. The van der Waals surface area contributed by atoms with Crippen LogP contribution < -0.4 is 15.8 Å². The van der Waals surface area contributed by atoms with Crippen molar-refractivity contribution in [1.82, 2.24) is 4.90 Å². The summed E-state index contributed by atoms with van der Waals surface area (Å²) in [4.78, 5) is 15.2. The van der Waals surface area contributed by atoms with E-state index in [9.17, 15) is 13.2 Å². The van der Waals surface area contributed by atoms with Crippen LogP contribution in [0.15, 0.2) is 23.1 Å². The maximum atomic E-state index is 12.1. The number of benzene rings is 1. The zero-order valence-electron chi connectivity index (χ0n) is 12.5. The summed E-state index contributed by atoms with van der Waals surface area (Å²) in [6.45, 7) is 5.05. The second-order valence-electron chi connectivity index (χ2n) is 4.69. The lowest BCUT2D eigenvalue weighted by Gasteiger charge is -2.25. The number of primary sulfonamides is 1. The van der Waals surface area contributed by atoms with Crippen LogP contribution in [-0.4, -0.2) is 45.9 Å². The molecular formula is C13H22N4O3S. The Morgan fingerprint density at radius 2 is 1.81 bits per heavy atom. The van der Waals surface area contributed by atoms with Gasteiger partial charge in [-0.2, -0.15) is 0 Å². The van der Waals surface area contributed by atoms with Crippen molar-refractivity contribution in [2.75, 3.05) is 37.3 Å². The van der Waals surface area contributed by atoms with E-state index in [2.05, 4.69) is 0 Å². The highest BCUT2D eigenvalue weighted by molar-refractivity contribution is 7.89. The molecule has 0 saturated heterocycles. The number of anilines is 2. The molecule has 0 bridgehead atoms. The average Bonchev–Trinajstić information content (AvgIpc) is 2.38. The fraction of sp³-hybridized carbons (Fsp3) is 0.462. The van der Waals surface area contributed by atoms with Gasteiger partial charge in [-0.1, -0.05) is 0 Å². The predicted octanol–water partition coefficient (Wildman–Crippen LogP) is 0.221. The number of rotatable bonds is 6. The van der Waals surface area contributed by atoms with Gasteiger partial charge >= 0.3 is 0 Å². The highest BCUT2D eigenvalue weighted by Crippen LogP contribution is 2.25. The van der Waals surface area contributed by atoms with E-state index < -0.39 is 10.0 Å². The summed E-state index contributed by atoms with van der Waals surface area (Å²) >= 11 is 0. The molecule has 7 nitrogen and oxygen atoms in total. The Balaban J connectivity index is 3.08. The quantitative estimate of drug-likeness (QED) is 0.730. The van der Waals surface area contributed by atoms with E-state index in [-0.39, 0.29) is 17.3 Å². The van der Waals surface area contributed by atoms with Crippen molar-refractivity contribution < 1.29 is 13.2 Å². The monoisotopic (exact) mass is 314 g/mol. The fourth-order valence-corrected chi connectivity index (χ4v) is 2.85. The van der Waals surface area contributed by atoms with Crippen molar-refractivity contribution in [1.29, 1.82) is 0 Å². The van der Waals surface area contributed by atoms with Crippen LogP contribution in [0.2, 0.25) is 0 Å². The molecule has 1 aromatic rings. The minimum absolute atomic E-state index is 0.0636.